The predicted octanol–water partition coefficient (Wildman–Crippen LogP) is 4.41. The molecule has 4 nitrogen and oxygen atoms in total. The molecule has 1 aliphatic rings. The van der Waals surface area contributed by atoms with Gasteiger partial charge >= 0.3 is 0 Å². The highest BCUT2D eigenvalue weighted by Crippen LogP contribution is 2.36. The van der Waals surface area contributed by atoms with Crippen LogP contribution in [0.3, 0.4) is 0 Å². The molecule has 0 aliphatic heterocycles. The van der Waals surface area contributed by atoms with E-state index in [0.717, 1.165) is 41.4 Å². The molecular formula is C22H20N4. The van der Waals surface area contributed by atoms with E-state index in [0.29, 0.717) is 11.9 Å². The van der Waals surface area contributed by atoms with Crippen LogP contribution >= 0.6 is 0 Å². The molecule has 0 spiro atoms. The zero-order valence-electron chi connectivity index (χ0n) is 14.5. The summed E-state index contributed by atoms with van der Waals surface area (Å²) in [6, 6.07) is 21.3. The molecular weight excluding hydrogens is 320 g/mol. The van der Waals surface area contributed by atoms with Gasteiger partial charge in [-0.1, -0.05) is 54.6 Å². The molecule has 4 heteroatoms. The standard InChI is InChI=1S/C22H20N4/c23-22-20-19(12-13-24-22)26(25-21(20)16-7-2-1-3-8-16)18-11-10-15-6-4-5-9-17(15)14-18/h1-9,12-13,18H,10-11,14H2,(H2,23,24). The number of fused-ring (bicyclic) bond motifs is 2. The summed E-state index contributed by atoms with van der Waals surface area (Å²) in [5, 5.41) is 5.97. The molecule has 2 heterocycles. The fourth-order valence-corrected chi connectivity index (χ4v) is 4.08. The van der Waals surface area contributed by atoms with Crippen LogP contribution < -0.4 is 5.73 Å². The highest BCUT2D eigenvalue weighted by atomic mass is 15.3. The first kappa shape index (κ1) is 15.1. The lowest BCUT2D eigenvalue weighted by Gasteiger charge is -2.25. The molecule has 1 aliphatic carbocycles. The van der Waals surface area contributed by atoms with Crippen molar-refractivity contribution in [3.8, 4) is 11.3 Å². The van der Waals surface area contributed by atoms with Crippen LogP contribution in [0.5, 0.6) is 0 Å². The SMILES string of the molecule is Nc1nccc2c1c(-c1ccccc1)nn2C1CCc2ccccc2C1. The number of hydrogen-bond acceptors (Lipinski definition) is 3. The Labute approximate surface area is 152 Å². The molecule has 5 rings (SSSR count). The van der Waals surface area contributed by atoms with E-state index in [4.69, 9.17) is 10.8 Å². The smallest absolute Gasteiger partial charge is 0.135 e. The zero-order chi connectivity index (χ0) is 17.5. The lowest BCUT2D eigenvalue weighted by atomic mass is 9.88. The van der Waals surface area contributed by atoms with Gasteiger partial charge in [0.05, 0.1) is 16.9 Å². The Morgan fingerprint density at radius 1 is 0.923 bits per heavy atom. The summed E-state index contributed by atoms with van der Waals surface area (Å²) in [4.78, 5) is 4.31. The average Bonchev–Trinajstić information content (AvgIpc) is 3.09. The van der Waals surface area contributed by atoms with Gasteiger partial charge in [-0.15, -0.1) is 0 Å². The number of rotatable bonds is 2. The molecule has 4 aromatic rings. The monoisotopic (exact) mass is 340 g/mol. The first-order chi connectivity index (χ1) is 12.8. The minimum Gasteiger partial charge on any atom is -0.383 e. The van der Waals surface area contributed by atoms with Crippen molar-refractivity contribution < 1.29 is 0 Å². The Morgan fingerprint density at radius 3 is 2.54 bits per heavy atom. The summed E-state index contributed by atoms with van der Waals surface area (Å²) < 4.78 is 2.17. The molecule has 2 aromatic heterocycles. The molecule has 0 amide bonds. The van der Waals surface area contributed by atoms with Gasteiger partial charge in [0, 0.05) is 11.8 Å². The second-order valence-corrected chi connectivity index (χ2v) is 6.91. The van der Waals surface area contributed by atoms with Crippen LogP contribution in [0.4, 0.5) is 5.82 Å². The largest absolute Gasteiger partial charge is 0.383 e. The molecule has 0 fully saturated rings. The number of nitrogens with zero attached hydrogens (tertiary/aromatic N) is 3. The topological polar surface area (TPSA) is 56.7 Å². The third-order valence-electron chi connectivity index (χ3n) is 5.36. The van der Waals surface area contributed by atoms with Crippen molar-refractivity contribution in [2.24, 2.45) is 0 Å². The first-order valence-electron chi connectivity index (χ1n) is 9.06. The highest BCUT2D eigenvalue weighted by molar-refractivity contribution is 6.00. The van der Waals surface area contributed by atoms with Crippen molar-refractivity contribution >= 4 is 16.7 Å². The number of hydrogen-bond donors (Lipinski definition) is 1. The third-order valence-corrected chi connectivity index (χ3v) is 5.36. The zero-order valence-corrected chi connectivity index (χ0v) is 14.5. The second-order valence-electron chi connectivity index (χ2n) is 6.91. The normalized spacial score (nSPS) is 16.5. The Balaban J connectivity index is 1.67. The van der Waals surface area contributed by atoms with E-state index in [1.54, 1.807) is 6.20 Å². The van der Waals surface area contributed by atoms with Crippen LogP contribution in [0.25, 0.3) is 22.2 Å². The number of aryl methyl sites for hydroxylation is 1. The van der Waals surface area contributed by atoms with Gasteiger partial charge in [-0.25, -0.2) is 4.98 Å². The molecule has 2 N–H and O–H groups in total. The van der Waals surface area contributed by atoms with Gasteiger partial charge in [0.2, 0.25) is 0 Å². The first-order valence-corrected chi connectivity index (χ1v) is 9.06. The van der Waals surface area contributed by atoms with Crippen LogP contribution in [0.15, 0.2) is 66.9 Å². The molecule has 0 saturated heterocycles. The number of aromatic nitrogens is 3. The van der Waals surface area contributed by atoms with Crippen molar-refractivity contribution in [3.63, 3.8) is 0 Å². The second kappa shape index (κ2) is 5.99. The van der Waals surface area contributed by atoms with E-state index < -0.39 is 0 Å². The third kappa shape index (κ3) is 2.37. The predicted molar refractivity (Wildman–Crippen MR) is 105 cm³/mol. The molecule has 1 atom stereocenters. The van der Waals surface area contributed by atoms with Gasteiger partial charge in [-0.3, -0.25) is 4.68 Å². The summed E-state index contributed by atoms with van der Waals surface area (Å²) in [5.41, 5.74) is 12.2. The van der Waals surface area contributed by atoms with Gasteiger partial charge in [0.15, 0.2) is 0 Å². The molecule has 0 radical (unpaired) electrons. The summed E-state index contributed by atoms with van der Waals surface area (Å²) in [6.07, 6.45) is 4.96. The molecule has 0 bridgehead atoms. The molecule has 128 valence electrons. The minimum absolute atomic E-state index is 0.340. The number of pyridine rings is 1. The van der Waals surface area contributed by atoms with E-state index in [9.17, 15) is 0 Å². The molecule has 1 unspecified atom stereocenters. The molecule has 2 aromatic carbocycles. The number of nitrogens with two attached hydrogens (primary N) is 1. The number of anilines is 1. The van der Waals surface area contributed by atoms with Crippen molar-refractivity contribution in [1.82, 2.24) is 14.8 Å². The Hall–Kier alpha value is -3.14. The van der Waals surface area contributed by atoms with Crippen molar-refractivity contribution in [3.05, 3.63) is 78.0 Å². The summed E-state index contributed by atoms with van der Waals surface area (Å²) >= 11 is 0. The van der Waals surface area contributed by atoms with E-state index in [1.165, 1.54) is 11.1 Å². The van der Waals surface area contributed by atoms with Crippen LogP contribution in [-0.2, 0) is 12.8 Å². The van der Waals surface area contributed by atoms with E-state index >= 15 is 0 Å². The maximum absolute atomic E-state index is 6.25. The fourth-order valence-electron chi connectivity index (χ4n) is 4.08. The van der Waals surface area contributed by atoms with Crippen LogP contribution in [0, 0.1) is 0 Å². The Morgan fingerprint density at radius 2 is 1.69 bits per heavy atom. The van der Waals surface area contributed by atoms with Crippen molar-refractivity contribution in [2.45, 2.75) is 25.3 Å². The maximum Gasteiger partial charge on any atom is 0.135 e. The Bertz CT molecular complexity index is 1080. The maximum atomic E-state index is 6.25. The van der Waals surface area contributed by atoms with E-state index in [-0.39, 0.29) is 0 Å². The van der Waals surface area contributed by atoms with Gasteiger partial charge in [0.1, 0.15) is 11.5 Å². The van der Waals surface area contributed by atoms with Crippen molar-refractivity contribution in [1.29, 1.82) is 0 Å². The van der Waals surface area contributed by atoms with Crippen LogP contribution in [-0.4, -0.2) is 14.8 Å². The highest BCUT2D eigenvalue weighted by Gasteiger charge is 2.24. The molecule has 0 saturated carbocycles. The van der Waals surface area contributed by atoms with E-state index in [2.05, 4.69) is 46.1 Å². The van der Waals surface area contributed by atoms with E-state index in [1.807, 2.05) is 24.3 Å². The van der Waals surface area contributed by atoms with Gasteiger partial charge in [0.25, 0.3) is 0 Å². The summed E-state index contributed by atoms with van der Waals surface area (Å²) in [7, 11) is 0. The van der Waals surface area contributed by atoms with Crippen LogP contribution in [0.1, 0.15) is 23.6 Å². The lowest BCUT2D eigenvalue weighted by molar-refractivity contribution is 0.417. The summed E-state index contributed by atoms with van der Waals surface area (Å²) in [6.45, 7) is 0. The van der Waals surface area contributed by atoms with Crippen molar-refractivity contribution in [2.75, 3.05) is 5.73 Å². The van der Waals surface area contributed by atoms with Gasteiger partial charge in [-0.05, 0) is 36.5 Å². The Kier molecular flexibility index (Phi) is 3.49. The number of benzene rings is 2. The molecule has 26 heavy (non-hydrogen) atoms. The lowest BCUT2D eigenvalue weighted by Crippen LogP contribution is -2.19. The average molecular weight is 340 g/mol. The summed E-state index contributed by atoms with van der Waals surface area (Å²) in [5.74, 6) is 0.545. The fraction of sp³-hybridized carbons (Fsp3) is 0.182. The quantitative estimate of drug-likeness (QED) is 0.588. The number of nitrogen functional groups attached to an aromatic ring is 1. The van der Waals surface area contributed by atoms with Gasteiger partial charge < -0.3 is 5.73 Å². The van der Waals surface area contributed by atoms with Crippen LogP contribution in [0.2, 0.25) is 0 Å². The minimum atomic E-state index is 0.340. The van der Waals surface area contributed by atoms with Gasteiger partial charge in [-0.2, -0.15) is 5.10 Å².